The lowest BCUT2D eigenvalue weighted by Crippen LogP contribution is -2.02. The Bertz CT molecular complexity index is 608. The normalized spacial score (nSPS) is 10.1. The summed E-state index contributed by atoms with van der Waals surface area (Å²) in [6.07, 6.45) is 0. The second-order valence-corrected chi connectivity index (χ2v) is 4.12. The summed E-state index contributed by atoms with van der Waals surface area (Å²) in [5.41, 5.74) is 0.723. The molecule has 1 aromatic heterocycles. The van der Waals surface area contributed by atoms with Crippen LogP contribution in [-0.4, -0.2) is 22.7 Å². The maximum absolute atomic E-state index is 11.1. The summed E-state index contributed by atoms with van der Waals surface area (Å²) in [7, 11) is 0. The van der Waals surface area contributed by atoms with Gasteiger partial charge in [-0.25, -0.2) is 9.78 Å². The fourth-order valence-corrected chi connectivity index (χ4v) is 1.66. The molecule has 0 aliphatic carbocycles. The summed E-state index contributed by atoms with van der Waals surface area (Å²) < 4.78 is 10.9. The molecule has 0 bridgehead atoms. The van der Waals surface area contributed by atoms with Crippen LogP contribution in [0.1, 0.15) is 23.0 Å². The largest absolute Gasteiger partial charge is 0.494 e. The van der Waals surface area contributed by atoms with Crippen molar-refractivity contribution in [3.63, 3.8) is 0 Å². The lowest BCUT2D eigenvalue weighted by Gasteiger charge is -2.09. The molecule has 0 radical (unpaired) electrons. The minimum atomic E-state index is -1.07. The molecule has 0 unspecified atom stereocenters. The predicted octanol–water partition coefficient (Wildman–Crippen LogP) is 3.28. The van der Waals surface area contributed by atoms with E-state index in [0.29, 0.717) is 18.1 Å². The number of aromatic nitrogens is 1. The number of carboxylic acids is 1. The molecule has 0 spiro atoms. The van der Waals surface area contributed by atoms with Gasteiger partial charge in [-0.15, -0.1) is 0 Å². The zero-order valence-electron chi connectivity index (χ0n) is 11.3. The summed E-state index contributed by atoms with van der Waals surface area (Å²) >= 11 is 0. The first-order valence-corrected chi connectivity index (χ1v) is 6.22. The van der Waals surface area contributed by atoms with Crippen LogP contribution in [0.5, 0.6) is 17.4 Å². The van der Waals surface area contributed by atoms with Crippen molar-refractivity contribution in [2.75, 3.05) is 6.61 Å². The Labute approximate surface area is 116 Å². The lowest BCUT2D eigenvalue weighted by atomic mass is 10.2. The van der Waals surface area contributed by atoms with Crippen LogP contribution in [0, 0.1) is 6.92 Å². The van der Waals surface area contributed by atoms with E-state index in [2.05, 4.69) is 4.98 Å². The number of hydrogen-bond acceptors (Lipinski definition) is 4. The number of rotatable bonds is 5. The van der Waals surface area contributed by atoms with Gasteiger partial charge < -0.3 is 14.6 Å². The fourth-order valence-electron chi connectivity index (χ4n) is 1.66. The standard InChI is InChI=1S/C15H15NO4/c1-3-19-11-5-7-12(8-6-11)20-14-13(15(17)18)9-4-10(2)16-14/h4-9H,3H2,1-2H3,(H,17,18). The van der Waals surface area contributed by atoms with Crippen LogP contribution in [0.25, 0.3) is 0 Å². The van der Waals surface area contributed by atoms with Crippen LogP contribution in [0.15, 0.2) is 36.4 Å². The third-order valence-corrected chi connectivity index (χ3v) is 2.58. The summed E-state index contributed by atoms with van der Waals surface area (Å²) in [5.74, 6) is 0.254. The van der Waals surface area contributed by atoms with Crippen LogP contribution < -0.4 is 9.47 Å². The number of carbonyl (C=O) groups is 1. The second-order valence-electron chi connectivity index (χ2n) is 4.12. The first-order chi connectivity index (χ1) is 9.60. The number of aryl methyl sites for hydroxylation is 1. The van der Waals surface area contributed by atoms with Crippen molar-refractivity contribution in [1.82, 2.24) is 4.98 Å². The van der Waals surface area contributed by atoms with Gasteiger partial charge in [0.2, 0.25) is 5.88 Å². The van der Waals surface area contributed by atoms with Gasteiger partial charge in [0.05, 0.1) is 6.61 Å². The number of benzene rings is 1. The topological polar surface area (TPSA) is 68.7 Å². The average molecular weight is 273 g/mol. The maximum Gasteiger partial charge on any atom is 0.341 e. The van der Waals surface area contributed by atoms with Crippen LogP contribution >= 0.6 is 0 Å². The van der Waals surface area contributed by atoms with E-state index in [1.165, 1.54) is 6.07 Å². The maximum atomic E-state index is 11.1. The summed E-state index contributed by atoms with van der Waals surface area (Å²) in [4.78, 5) is 15.2. The molecule has 5 nitrogen and oxygen atoms in total. The molecule has 0 amide bonds. The zero-order chi connectivity index (χ0) is 14.5. The number of aromatic carboxylic acids is 1. The molecule has 0 saturated heterocycles. The van der Waals surface area contributed by atoms with Crippen LogP contribution in [-0.2, 0) is 0 Å². The highest BCUT2D eigenvalue weighted by atomic mass is 16.5. The molecule has 1 aromatic carbocycles. The molecule has 104 valence electrons. The monoisotopic (exact) mass is 273 g/mol. The number of nitrogens with zero attached hydrogens (tertiary/aromatic N) is 1. The number of carboxylic acid groups (broad SMARTS) is 1. The van der Waals surface area contributed by atoms with Gasteiger partial charge in [0.15, 0.2) is 0 Å². The van der Waals surface area contributed by atoms with Crippen LogP contribution in [0.2, 0.25) is 0 Å². The van der Waals surface area contributed by atoms with E-state index in [9.17, 15) is 4.79 Å². The van der Waals surface area contributed by atoms with E-state index in [0.717, 1.165) is 5.75 Å². The Morgan fingerprint density at radius 1 is 1.15 bits per heavy atom. The van der Waals surface area contributed by atoms with E-state index in [4.69, 9.17) is 14.6 Å². The molecule has 2 aromatic rings. The third kappa shape index (κ3) is 3.26. The van der Waals surface area contributed by atoms with Gasteiger partial charge in [-0.05, 0) is 50.2 Å². The highest BCUT2D eigenvalue weighted by Gasteiger charge is 2.13. The SMILES string of the molecule is CCOc1ccc(Oc2nc(C)ccc2C(=O)O)cc1. The molecule has 0 atom stereocenters. The molecule has 0 aliphatic rings. The van der Waals surface area contributed by atoms with E-state index >= 15 is 0 Å². The van der Waals surface area contributed by atoms with Gasteiger partial charge in [-0.1, -0.05) is 0 Å². The summed E-state index contributed by atoms with van der Waals surface area (Å²) in [5, 5.41) is 9.11. The Balaban J connectivity index is 2.25. The molecule has 0 aliphatic heterocycles. The number of pyridine rings is 1. The van der Waals surface area contributed by atoms with E-state index in [1.54, 1.807) is 37.3 Å². The Kier molecular flexibility index (Phi) is 4.20. The Morgan fingerprint density at radius 2 is 1.80 bits per heavy atom. The number of ether oxygens (including phenoxy) is 2. The lowest BCUT2D eigenvalue weighted by molar-refractivity contribution is 0.0693. The van der Waals surface area contributed by atoms with Crippen molar-refractivity contribution in [2.24, 2.45) is 0 Å². The Hall–Kier alpha value is -2.56. The van der Waals surface area contributed by atoms with Crippen LogP contribution in [0.3, 0.4) is 0 Å². The summed E-state index contributed by atoms with van der Waals surface area (Å²) in [6, 6.07) is 10.1. The first kappa shape index (κ1) is 13.9. The second kappa shape index (κ2) is 6.06. The quantitative estimate of drug-likeness (QED) is 0.905. The van der Waals surface area contributed by atoms with Crippen molar-refractivity contribution in [1.29, 1.82) is 0 Å². The van der Waals surface area contributed by atoms with Crippen molar-refractivity contribution in [2.45, 2.75) is 13.8 Å². The van der Waals surface area contributed by atoms with E-state index in [-0.39, 0.29) is 11.4 Å². The predicted molar refractivity (Wildman–Crippen MR) is 73.6 cm³/mol. The average Bonchev–Trinajstić information content (AvgIpc) is 2.41. The molecule has 5 heteroatoms. The molecule has 0 fully saturated rings. The fraction of sp³-hybridized carbons (Fsp3) is 0.200. The number of hydrogen-bond donors (Lipinski definition) is 1. The molecule has 1 heterocycles. The Morgan fingerprint density at radius 3 is 2.40 bits per heavy atom. The highest BCUT2D eigenvalue weighted by Crippen LogP contribution is 2.25. The molecule has 1 N–H and O–H groups in total. The zero-order valence-corrected chi connectivity index (χ0v) is 11.3. The minimum absolute atomic E-state index is 0.0319. The van der Waals surface area contributed by atoms with Gasteiger partial charge in [0.1, 0.15) is 17.1 Å². The van der Waals surface area contributed by atoms with Crippen molar-refractivity contribution >= 4 is 5.97 Å². The van der Waals surface area contributed by atoms with Gasteiger partial charge in [0.25, 0.3) is 0 Å². The summed E-state index contributed by atoms with van der Waals surface area (Å²) in [6.45, 7) is 4.26. The molecule has 0 saturated carbocycles. The molecule has 20 heavy (non-hydrogen) atoms. The highest BCUT2D eigenvalue weighted by molar-refractivity contribution is 5.90. The first-order valence-electron chi connectivity index (χ1n) is 6.22. The minimum Gasteiger partial charge on any atom is -0.494 e. The van der Waals surface area contributed by atoms with Gasteiger partial charge in [-0.3, -0.25) is 0 Å². The van der Waals surface area contributed by atoms with E-state index < -0.39 is 5.97 Å². The van der Waals surface area contributed by atoms with Crippen LogP contribution in [0.4, 0.5) is 0 Å². The molecule has 2 rings (SSSR count). The van der Waals surface area contributed by atoms with E-state index in [1.807, 2.05) is 6.92 Å². The van der Waals surface area contributed by atoms with Crippen molar-refractivity contribution in [3.8, 4) is 17.4 Å². The molecular formula is C15H15NO4. The van der Waals surface area contributed by atoms with Crippen molar-refractivity contribution in [3.05, 3.63) is 47.7 Å². The molecular weight excluding hydrogens is 258 g/mol. The smallest absolute Gasteiger partial charge is 0.341 e. The van der Waals surface area contributed by atoms with Gasteiger partial charge >= 0.3 is 5.97 Å². The van der Waals surface area contributed by atoms with Gasteiger partial charge in [0, 0.05) is 5.69 Å². The third-order valence-electron chi connectivity index (χ3n) is 2.58. The van der Waals surface area contributed by atoms with Gasteiger partial charge in [-0.2, -0.15) is 0 Å². The van der Waals surface area contributed by atoms with Crippen molar-refractivity contribution < 1.29 is 19.4 Å².